The van der Waals surface area contributed by atoms with Gasteiger partial charge in [0, 0.05) is 54.9 Å². The van der Waals surface area contributed by atoms with E-state index < -0.39 is 5.92 Å². The fourth-order valence-electron chi connectivity index (χ4n) is 6.19. The smallest absolute Gasteiger partial charge is 0.235 e. The van der Waals surface area contributed by atoms with Crippen molar-refractivity contribution in [3.05, 3.63) is 72.0 Å². The van der Waals surface area contributed by atoms with Crippen molar-refractivity contribution in [2.45, 2.75) is 38.1 Å². The van der Waals surface area contributed by atoms with Crippen LogP contribution >= 0.6 is 11.6 Å². The first-order valence-electron chi connectivity index (χ1n) is 14.9. The van der Waals surface area contributed by atoms with Gasteiger partial charge in [-0.3, -0.25) is 19.6 Å². The molecule has 2 amide bonds. The monoisotopic (exact) mass is 625 g/mol. The highest BCUT2D eigenvalue weighted by Crippen LogP contribution is 2.33. The molecule has 0 aliphatic carbocycles. The molecule has 2 fully saturated rings. The standard InChI is InChI=1S/C32H32ClN9O3/c1-18-15-42(32-34-14-24(33)30(39-32)37-20-5-3-4-19(12-20)26-16-45-17-35-26)11-10-25(18)36-21-6-7-22-27(13-21)41(2)40-29(22)23-8-9-28(43)38-31(23)44/h3-7,12-14,16-18,23,25,36H,8-11,15H2,1-2H3,(H,34,37,39)(H,38,43,44)/t18-,23?,25?/m1/s1. The lowest BCUT2D eigenvalue weighted by atomic mass is 9.92. The highest BCUT2D eigenvalue weighted by atomic mass is 35.5. The molecular formula is C32H32ClN9O3. The molecule has 2 unspecified atom stereocenters. The van der Waals surface area contributed by atoms with Crippen molar-refractivity contribution in [1.29, 1.82) is 0 Å². The van der Waals surface area contributed by atoms with Crippen LogP contribution in [0.2, 0.25) is 5.02 Å². The van der Waals surface area contributed by atoms with E-state index in [1.54, 1.807) is 17.1 Å². The Labute approximate surface area is 264 Å². The first-order chi connectivity index (χ1) is 21.8. The highest BCUT2D eigenvalue weighted by Gasteiger charge is 2.32. The maximum Gasteiger partial charge on any atom is 0.235 e. The SMILES string of the molecule is C[C@@H]1CN(c2ncc(Cl)c(Nc3cccc(-c4cocn4)c3)n2)CCC1Nc1ccc2c(C3CCC(=O)NC3=O)nn(C)c2c1. The molecule has 12 nitrogen and oxygen atoms in total. The molecule has 2 saturated heterocycles. The zero-order valence-electron chi connectivity index (χ0n) is 24.8. The molecule has 7 rings (SSSR count). The van der Waals surface area contributed by atoms with Crippen molar-refractivity contribution >= 4 is 57.5 Å². The quantitative estimate of drug-likeness (QED) is 0.205. The van der Waals surface area contributed by atoms with Crippen LogP contribution < -0.4 is 20.9 Å². The molecule has 2 aromatic carbocycles. The number of halogens is 1. The summed E-state index contributed by atoms with van der Waals surface area (Å²) in [6.07, 6.45) is 6.32. The lowest BCUT2D eigenvalue weighted by Crippen LogP contribution is -2.46. The molecule has 13 heteroatoms. The molecule has 3 aromatic heterocycles. The minimum Gasteiger partial charge on any atom is -0.451 e. The predicted octanol–water partition coefficient (Wildman–Crippen LogP) is 5.26. The minimum absolute atomic E-state index is 0.228. The van der Waals surface area contributed by atoms with Gasteiger partial charge in [0.2, 0.25) is 17.8 Å². The van der Waals surface area contributed by atoms with E-state index >= 15 is 0 Å². The maximum atomic E-state index is 12.5. The van der Waals surface area contributed by atoms with Crippen molar-refractivity contribution in [3.8, 4) is 11.3 Å². The number of hydrogen-bond acceptors (Lipinski definition) is 10. The van der Waals surface area contributed by atoms with E-state index in [-0.39, 0.29) is 17.9 Å². The van der Waals surface area contributed by atoms with Crippen LogP contribution in [-0.2, 0) is 16.6 Å². The topological polar surface area (TPSA) is 143 Å². The van der Waals surface area contributed by atoms with Gasteiger partial charge in [-0.2, -0.15) is 10.1 Å². The number of benzene rings is 2. The van der Waals surface area contributed by atoms with Crippen LogP contribution in [-0.4, -0.2) is 55.7 Å². The van der Waals surface area contributed by atoms with Crippen LogP contribution in [0.5, 0.6) is 0 Å². The number of carbonyl (C=O) groups is 2. The molecule has 5 aromatic rings. The molecule has 3 atom stereocenters. The van der Waals surface area contributed by atoms with E-state index in [2.05, 4.69) is 48.9 Å². The number of aromatic nitrogens is 5. The number of amides is 2. The Kier molecular flexibility index (Phi) is 7.58. The van der Waals surface area contributed by atoms with Gasteiger partial charge in [0.05, 0.1) is 23.3 Å². The average molecular weight is 626 g/mol. The van der Waals surface area contributed by atoms with E-state index in [0.717, 1.165) is 53.0 Å². The second kappa shape index (κ2) is 11.8. The number of nitrogens with one attached hydrogen (secondary N) is 3. The van der Waals surface area contributed by atoms with E-state index in [4.69, 9.17) is 21.0 Å². The number of imide groups is 1. The zero-order valence-corrected chi connectivity index (χ0v) is 25.6. The Bertz CT molecular complexity index is 1890. The van der Waals surface area contributed by atoms with Gasteiger partial charge in [-0.25, -0.2) is 9.97 Å². The second-order valence-electron chi connectivity index (χ2n) is 11.7. The molecule has 45 heavy (non-hydrogen) atoms. The Morgan fingerprint density at radius 1 is 1.09 bits per heavy atom. The Hall–Kier alpha value is -4.97. The normalized spacial score (nSPS) is 20.3. The highest BCUT2D eigenvalue weighted by molar-refractivity contribution is 6.32. The number of nitrogens with zero attached hydrogens (tertiary/aromatic N) is 6. The number of oxazole rings is 1. The van der Waals surface area contributed by atoms with Gasteiger partial charge in [0.25, 0.3) is 0 Å². The first kappa shape index (κ1) is 28.8. The zero-order chi connectivity index (χ0) is 31.1. The van der Waals surface area contributed by atoms with Crippen molar-refractivity contribution in [3.63, 3.8) is 0 Å². The summed E-state index contributed by atoms with van der Waals surface area (Å²) in [4.78, 5) is 39.9. The Balaban J connectivity index is 1.03. The van der Waals surface area contributed by atoms with E-state index in [1.165, 1.54) is 6.39 Å². The predicted molar refractivity (Wildman–Crippen MR) is 172 cm³/mol. The fourth-order valence-corrected chi connectivity index (χ4v) is 6.33. The third kappa shape index (κ3) is 5.80. The van der Waals surface area contributed by atoms with E-state index in [0.29, 0.717) is 41.2 Å². The number of rotatable bonds is 7. The third-order valence-corrected chi connectivity index (χ3v) is 8.85. The van der Waals surface area contributed by atoms with Gasteiger partial charge in [0.15, 0.2) is 12.2 Å². The summed E-state index contributed by atoms with van der Waals surface area (Å²) >= 11 is 6.49. The summed E-state index contributed by atoms with van der Waals surface area (Å²) in [6.45, 7) is 3.77. The molecule has 0 bridgehead atoms. The van der Waals surface area contributed by atoms with Gasteiger partial charge < -0.3 is 20.0 Å². The molecular weight excluding hydrogens is 594 g/mol. The van der Waals surface area contributed by atoms with Crippen LogP contribution in [0.3, 0.4) is 0 Å². The average Bonchev–Trinajstić information content (AvgIpc) is 3.68. The summed E-state index contributed by atoms with van der Waals surface area (Å²) in [6, 6.07) is 14.2. The van der Waals surface area contributed by atoms with Gasteiger partial charge in [-0.15, -0.1) is 0 Å². The van der Waals surface area contributed by atoms with Crippen molar-refractivity contribution < 1.29 is 14.0 Å². The van der Waals surface area contributed by atoms with Crippen molar-refractivity contribution in [2.24, 2.45) is 13.0 Å². The molecule has 2 aliphatic rings. The van der Waals surface area contributed by atoms with Gasteiger partial charge in [-0.05, 0) is 49.1 Å². The summed E-state index contributed by atoms with van der Waals surface area (Å²) in [5.74, 6) is 0.525. The largest absolute Gasteiger partial charge is 0.451 e. The van der Waals surface area contributed by atoms with E-state index in [9.17, 15) is 9.59 Å². The van der Waals surface area contributed by atoms with Gasteiger partial charge in [0.1, 0.15) is 17.0 Å². The number of aryl methyl sites for hydroxylation is 1. The maximum absolute atomic E-state index is 12.5. The lowest BCUT2D eigenvalue weighted by Gasteiger charge is -2.37. The summed E-state index contributed by atoms with van der Waals surface area (Å²) in [5.41, 5.74) is 5.13. The van der Waals surface area contributed by atoms with Crippen LogP contribution in [0.4, 0.5) is 23.1 Å². The molecule has 0 spiro atoms. The molecule has 0 saturated carbocycles. The number of hydrogen-bond donors (Lipinski definition) is 3. The van der Waals surface area contributed by atoms with Crippen molar-refractivity contribution in [2.75, 3.05) is 28.6 Å². The molecule has 3 N–H and O–H groups in total. The van der Waals surface area contributed by atoms with Crippen LogP contribution in [0.1, 0.15) is 37.8 Å². The molecule has 2 aliphatic heterocycles. The minimum atomic E-state index is -0.426. The number of fused-ring (bicyclic) bond motifs is 1. The van der Waals surface area contributed by atoms with Crippen LogP contribution in [0, 0.1) is 5.92 Å². The fraction of sp³-hybridized carbons (Fsp3) is 0.312. The molecule has 5 heterocycles. The number of anilines is 4. The number of carbonyl (C=O) groups excluding carboxylic acids is 2. The summed E-state index contributed by atoms with van der Waals surface area (Å²) < 4.78 is 6.93. The van der Waals surface area contributed by atoms with E-state index in [1.807, 2.05) is 43.4 Å². The number of piperidine rings is 2. The third-order valence-electron chi connectivity index (χ3n) is 8.57. The second-order valence-corrected chi connectivity index (χ2v) is 12.1. The van der Waals surface area contributed by atoms with Crippen LogP contribution in [0.15, 0.2) is 65.7 Å². The van der Waals surface area contributed by atoms with Gasteiger partial charge >= 0.3 is 0 Å². The molecule has 230 valence electrons. The first-order valence-corrected chi connectivity index (χ1v) is 15.3. The van der Waals surface area contributed by atoms with Crippen molar-refractivity contribution in [1.82, 2.24) is 30.0 Å². The lowest BCUT2D eigenvalue weighted by molar-refractivity contribution is -0.134. The Morgan fingerprint density at radius 2 is 1.98 bits per heavy atom. The molecule has 0 radical (unpaired) electrons. The van der Waals surface area contributed by atoms with Crippen LogP contribution in [0.25, 0.3) is 22.2 Å². The Morgan fingerprint density at radius 3 is 2.78 bits per heavy atom. The summed E-state index contributed by atoms with van der Waals surface area (Å²) in [7, 11) is 1.88. The van der Waals surface area contributed by atoms with Gasteiger partial charge in [-0.1, -0.05) is 30.7 Å². The summed E-state index contributed by atoms with van der Waals surface area (Å²) in [5, 5.41) is 15.5.